The number of amides is 2. The predicted molar refractivity (Wildman–Crippen MR) is 71.6 cm³/mol. The lowest BCUT2D eigenvalue weighted by Crippen LogP contribution is -2.36. The summed E-state index contributed by atoms with van der Waals surface area (Å²) >= 11 is 0. The van der Waals surface area contributed by atoms with Crippen molar-refractivity contribution in [2.45, 2.75) is 6.92 Å². The van der Waals surface area contributed by atoms with E-state index in [-0.39, 0.29) is 29.3 Å². The molecule has 0 fully saturated rings. The number of nitrogens with one attached hydrogen (secondary N) is 1. The van der Waals surface area contributed by atoms with Crippen LogP contribution in [0.4, 0.5) is 5.69 Å². The zero-order valence-corrected chi connectivity index (χ0v) is 11.3. The van der Waals surface area contributed by atoms with Gasteiger partial charge >= 0.3 is 0 Å². The number of nitrogens with zero attached hydrogens (tertiary/aromatic N) is 2. The minimum atomic E-state index is -0.634. The molecule has 0 aromatic heterocycles. The van der Waals surface area contributed by atoms with Gasteiger partial charge < -0.3 is 5.32 Å². The van der Waals surface area contributed by atoms with E-state index in [1.54, 1.807) is 7.05 Å². The van der Waals surface area contributed by atoms with Gasteiger partial charge in [-0.25, -0.2) is 0 Å². The molecular weight excluding hydrogens is 262 g/mol. The highest BCUT2D eigenvalue weighted by Crippen LogP contribution is 2.30. The highest BCUT2D eigenvalue weighted by atomic mass is 16.6. The summed E-state index contributed by atoms with van der Waals surface area (Å²) in [6.07, 6.45) is 0. The molecule has 1 aromatic rings. The van der Waals surface area contributed by atoms with Gasteiger partial charge in [0.05, 0.1) is 10.5 Å². The van der Waals surface area contributed by atoms with Crippen molar-refractivity contribution in [3.05, 3.63) is 39.4 Å². The molecular formula is C13H15N3O4. The first kappa shape index (κ1) is 14.1. The van der Waals surface area contributed by atoms with Crippen LogP contribution in [0, 0.1) is 16.0 Å². The van der Waals surface area contributed by atoms with Crippen molar-refractivity contribution >= 4 is 17.5 Å². The van der Waals surface area contributed by atoms with Crippen molar-refractivity contribution in [1.29, 1.82) is 0 Å². The maximum absolute atomic E-state index is 12.3. The van der Waals surface area contributed by atoms with Gasteiger partial charge in [0.1, 0.15) is 5.56 Å². The summed E-state index contributed by atoms with van der Waals surface area (Å²) in [4.78, 5) is 35.8. The third kappa shape index (κ3) is 2.27. The van der Waals surface area contributed by atoms with Crippen LogP contribution in [-0.2, 0) is 0 Å². The van der Waals surface area contributed by atoms with Gasteiger partial charge in [-0.2, -0.15) is 0 Å². The fraction of sp³-hybridized carbons (Fsp3) is 0.385. The molecule has 1 unspecified atom stereocenters. The van der Waals surface area contributed by atoms with Gasteiger partial charge in [-0.05, 0) is 25.6 Å². The van der Waals surface area contributed by atoms with Crippen LogP contribution in [0.2, 0.25) is 0 Å². The molecule has 0 radical (unpaired) electrons. The first-order valence-electron chi connectivity index (χ1n) is 6.25. The minimum absolute atomic E-state index is 0.0706. The van der Waals surface area contributed by atoms with Crippen molar-refractivity contribution in [2.75, 3.05) is 20.1 Å². The number of fused-ring (bicyclic) bond motifs is 1. The van der Waals surface area contributed by atoms with Crippen LogP contribution in [0.15, 0.2) is 18.2 Å². The predicted octanol–water partition coefficient (Wildman–Crippen LogP) is 1.05. The Balaban J connectivity index is 2.35. The Morgan fingerprint density at radius 3 is 2.65 bits per heavy atom. The van der Waals surface area contributed by atoms with Crippen LogP contribution < -0.4 is 5.32 Å². The molecule has 2 amide bonds. The van der Waals surface area contributed by atoms with E-state index in [9.17, 15) is 19.7 Å². The molecule has 0 saturated carbocycles. The van der Waals surface area contributed by atoms with Crippen LogP contribution in [0.25, 0.3) is 0 Å². The summed E-state index contributed by atoms with van der Waals surface area (Å²) in [5.41, 5.74) is -0.301. The largest absolute Gasteiger partial charge is 0.319 e. The Hall–Kier alpha value is -2.28. The van der Waals surface area contributed by atoms with Crippen molar-refractivity contribution in [3.8, 4) is 0 Å². The van der Waals surface area contributed by atoms with Crippen LogP contribution in [-0.4, -0.2) is 41.8 Å². The van der Waals surface area contributed by atoms with Crippen LogP contribution in [0.1, 0.15) is 27.6 Å². The minimum Gasteiger partial charge on any atom is -0.319 e. The van der Waals surface area contributed by atoms with Crippen LogP contribution >= 0.6 is 0 Å². The highest BCUT2D eigenvalue weighted by Gasteiger charge is 2.41. The maximum Gasteiger partial charge on any atom is 0.282 e. The van der Waals surface area contributed by atoms with Gasteiger partial charge in [0, 0.05) is 12.6 Å². The van der Waals surface area contributed by atoms with E-state index >= 15 is 0 Å². The molecule has 2 rings (SSSR count). The fourth-order valence-corrected chi connectivity index (χ4v) is 2.36. The fourth-order valence-electron chi connectivity index (χ4n) is 2.36. The van der Waals surface area contributed by atoms with Crippen molar-refractivity contribution in [3.63, 3.8) is 0 Å². The smallest absolute Gasteiger partial charge is 0.282 e. The number of nitro groups is 1. The summed E-state index contributed by atoms with van der Waals surface area (Å²) in [5.74, 6) is -0.974. The van der Waals surface area contributed by atoms with Crippen LogP contribution in [0.3, 0.4) is 0 Å². The molecule has 106 valence electrons. The molecule has 7 nitrogen and oxygen atoms in total. The molecule has 0 spiro atoms. The summed E-state index contributed by atoms with van der Waals surface area (Å²) in [6.45, 7) is 2.79. The summed E-state index contributed by atoms with van der Waals surface area (Å²) in [5, 5.41) is 13.9. The van der Waals surface area contributed by atoms with E-state index in [1.165, 1.54) is 18.2 Å². The molecule has 1 aliphatic heterocycles. The van der Waals surface area contributed by atoms with E-state index in [2.05, 4.69) is 5.32 Å². The van der Waals surface area contributed by atoms with E-state index in [1.807, 2.05) is 6.92 Å². The first-order chi connectivity index (χ1) is 9.47. The van der Waals surface area contributed by atoms with Gasteiger partial charge in [0.15, 0.2) is 0 Å². The number of imide groups is 1. The lowest BCUT2D eigenvalue weighted by Gasteiger charge is -2.18. The van der Waals surface area contributed by atoms with Gasteiger partial charge in [-0.15, -0.1) is 0 Å². The molecule has 1 aliphatic rings. The standard InChI is InChI=1S/C13H15N3O4/c1-8(6-14-2)7-15-12(17)9-4-3-5-10(16(19)20)11(9)13(15)18/h3-5,8,14H,6-7H2,1-2H3. The van der Waals surface area contributed by atoms with Gasteiger partial charge in [0.25, 0.3) is 17.5 Å². The van der Waals surface area contributed by atoms with Crippen LogP contribution in [0.5, 0.6) is 0 Å². The van der Waals surface area contributed by atoms with Crippen molar-refractivity contribution < 1.29 is 14.5 Å². The monoisotopic (exact) mass is 277 g/mol. The molecule has 1 atom stereocenters. The number of nitro benzene ring substituents is 1. The zero-order valence-electron chi connectivity index (χ0n) is 11.3. The average Bonchev–Trinajstić information content (AvgIpc) is 2.64. The number of carbonyl (C=O) groups is 2. The van der Waals surface area contributed by atoms with E-state index in [4.69, 9.17) is 0 Å². The molecule has 0 bridgehead atoms. The maximum atomic E-state index is 12.3. The number of benzene rings is 1. The Labute approximate surface area is 115 Å². The third-order valence-corrected chi connectivity index (χ3v) is 3.22. The molecule has 1 N–H and O–H groups in total. The van der Waals surface area contributed by atoms with Crippen molar-refractivity contribution in [1.82, 2.24) is 10.2 Å². The lowest BCUT2D eigenvalue weighted by atomic mass is 10.1. The quantitative estimate of drug-likeness (QED) is 0.493. The number of rotatable bonds is 5. The molecule has 1 aromatic carbocycles. The molecule has 0 saturated heterocycles. The summed E-state index contributed by atoms with van der Waals surface area (Å²) in [6, 6.07) is 4.11. The second kappa shape index (κ2) is 5.38. The molecule has 7 heteroatoms. The van der Waals surface area contributed by atoms with Crippen molar-refractivity contribution in [2.24, 2.45) is 5.92 Å². The molecule has 0 aliphatic carbocycles. The summed E-state index contributed by atoms with van der Waals surface area (Å²) < 4.78 is 0. The highest BCUT2D eigenvalue weighted by molar-refractivity contribution is 6.23. The molecule has 1 heterocycles. The Kier molecular flexibility index (Phi) is 3.80. The summed E-state index contributed by atoms with van der Waals surface area (Å²) in [7, 11) is 1.78. The van der Waals surface area contributed by atoms with E-state index in [0.29, 0.717) is 6.54 Å². The Morgan fingerprint density at radius 2 is 2.05 bits per heavy atom. The zero-order chi connectivity index (χ0) is 14.9. The lowest BCUT2D eigenvalue weighted by molar-refractivity contribution is -0.385. The molecule has 20 heavy (non-hydrogen) atoms. The number of carbonyl (C=O) groups excluding carboxylic acids is 2. The SMILES string of the molecule is CNCC(C)CN1C(=O)c2cccc([N+](=O)[O-])c2C1=O. The van der Waals surface area contributed by atoms with E-state index in [0.717, 1.165) is 4.90 Å². The Bertz CT molecular complexity index is 585. The van der Waals surface area contributed by atoms with E-state index < -0.39 is 16.7 Å². The second-order valence-electron chi connectivity index (χ2n) is 4.84. The van der Waals surface area contributed by atoms with Gasteiger partial charge in [0.2, 0.25) is 0 Å². The van der Waals surface area contributed by atoms with Gasteiger partial charge in [-0.1, -0.05) is 13.0 Å². The second-order valence-corrected chi connectivity index (χ2v) is 4.84. The average molecular weight is 277 g/mol. The first-order valence-corrected chi connectivity index (χ1v) is 6.25. The topological polar surface area (TPSA) is 92.6 Å². The third-order valence-electron chi connectivity index (χ3n) is 3.22. The Morgan fingerprint density at radius 1 is 1.35 bits per heavy atom. The number of hydrogen-bond donors (Lipinski definition) is 1. The normalized spacial score (nSPS) is 15.4. The number of hydrogen-bond acceptors (Lipinski definition) is 5. The van der Waals surface area contributed by atoms with Gasteiger partial charge in [-0.3, -0.25) is 24.6 Å².